The van der Waals surface area contributed by atoms with Gasteiger partial charge in [0, 0.05) is 19.8 Å². The van der Waals surface area contributed by atoms with Gasteiger partial charge in [-0.2, -0.15) is 0 Å². The topological polar surface area (TPSA) is 152 Å². The predicted molar refractivity (Wildman–Crippen MR) is 99.0 cm³/mol. The molecule has 7 N–H and O–H groups in total. The highest BCUT2D eigenvalue weighted by Gasteiger charge is 2.32. The number of carboxylic acid groups (broad SMARTS) is 1. The standard InChI is InChI=1S/C17H37N3O6/c18-5-1-8-23-12-17(13-24-9-2-6-19,14-25-10-3-7-20)15-26-11-4-16(21)22/h1-15,18-20H2,(H,21,22). The Kier molecular flexibility index (Phi) is 17.0. The van der Waals surface area contributed by atoms with Crippen molar-refractivity contribution in [1.29, 1.82) is 0 Å². The number of nitrogens with two attached hydrogens (primary N) is 3. The number of carboxylic acids is 1. The summed E-state index contributed by atoms with van der Waals surface area (Å²) in [5.74, 6) is -0.895. The molecule has 0 aliphatic rings. The van der Waals surface area contributed by atoms with Crippen LogP contribution in [0.3, 0.4) is 0 Å². The normalized spacial score (nSPS) is 11.8. The molecule has 0 fully saturated rings. The minimum Gasteiger partial charge on any atom is -0.481 e. The number of carbonyl (C=O) groups is 1. The van der Waals surface area contributed by atoms with Crippen molar-refractivity contribution in [2.75, 3.05) is 72.5 Å². The van der Waals surface area contributed by atoms with Gasteiger partial charge in [0.15, 0.2) is 0 Å². The SMILES string of the molecule is NCCCOCC(COCCCN)(COCCCN)COCCC(=O)O. The summed E-state index contributed by atoms with van der Waals surface area (Å²) < 4.78 is 22.8. The van der Waals surface area contributed by atoms with Crippen molar-refractivity contribution in [2.45, 2.75) is 25.7 Å². The van der Waals surface area contributed by atoms with Gasteiger partial charge < -0.3 is 41.3 Å². The molecular weight excluding hydrogens is 342 g/mol. The van der Waals surface area contributed by atoms with Crippen LogP contribution >= 0.6 is 0 Å². The quantitative estimate of drug-likeness (QED) is 0.206. The first kappa shape index (κ1) is 25.2. The molecule has 0 saturated heterocycles. The number of aliphatic carboxylic acids is 1. The Labute approximate surface area is 156 Å². The Morgan fingerprint density at radius 1 is 0.692 bits per heavy atom. The second-order valence-electron chi connectivity index (χ2n) is 6.28. The fraction of sp³-hybridized carbons (Fsp3) is 0.941. The lowest BCUT2D eigenvalue weighted by atomic mass is 9.92. The third kappa shape index (κ3) is 14.4. The van der Waals surface area contributed by atoms with Crippen LogP contribution in [0.4, 0.5) is 0 Å². The van der Waals surface area contributed by atoms with Gasteiger partial charge >= 0.3 is 5.97 Å². The molecule has 9 nitrogen and oxygen atoms in total. The maximum atomic E-state index is 10.7. The largest absolute Gasteiger partial charge is 0.481 e. The van der Waals surface area contributed by atoms with Gasteiger partial charge in [0.1, 0.15) is 0 Å². The molecule has 0 bridgehead atoms. The Balaban J connectivity index is 4.70. The minimum absolute atomic E-state index is 0.0494. The third-order valence-corrected chi connectivity index (χ3v) is 3.57. The maximum Gasteiger partial charge on any atom is 0.305 e. The number of rotatable bonds is 20. The molecule has 0 radical (unpaired) electrons. The average molecular weight is 379 g/mol. The van der Waals surface area contributed by atoms with Gasteiger partial charge in [-0.3, -0.25) is 4.79 Å². The lowest BCUT2D eigenvalue weighted by Crippen LogP contribution is -2.42. The van der Waals surface area contributed by atoms with E-state index in [9.17, 15) is 4.79 Å². The molecule has 0 aromatic rings. The van der Waals surface area contributed by atoms with Gasteiger partial charge in [0.2, 0.25) is 0 Å². The van der Waals surface area contributed by atoms with Crippen LogP contribution in [0.5, 0.6) is 0 Å². The molecule has 156 valence electrons. The van der Waals surface area contributed by atoms with Crippen LogP contribution in [0.15, 0.2) is 0 Å². The molecule has 26 heavy (non-hydrogen) atoms. The third-order valence-electron chi connectivity index (χ3n) is 3.57. The fourth-order valence-corrected chi connectivity index (χ4v) is 2.12. The molecule has 0 amide bonds. The lowest BCUT2D eigenvalue weighted by molar-refractivity contribution is -0.140. The Hall–Kier alpha value is -0.810. The van der Waals surface area contributed by atoms with Gasteiger partial charge in [0.25, 0.3) is 0 Å². The molecule has 9 heteroatoms. The highest BCUT2D eigenvalue weighted by Crippen LogP contribution is 2.21. The van der Waals surface area contributed by atoms with Crippen LogP contribution in [-0.4, -0.2) is 83.6 Å². The van der Waals surface area contributed by atoms with Gasteiger partial charge in [-0.05, 0) is 38.9 Å². The predicted octanol–water partition coefficient (Wildman–Crippen LogP) is -0.440. The summed E-state index contributed by atoms with van der Waals surface area (Å²) in [6.45, 7) is 4.85. The van der Waals surface area contributed by atoms with Crippen LogP contribution in [0, 0.1) is 5.41 Å². The van der Waals surface area contributed by atoms with E-state index >= 15 is 0 Å². The molecule has 0 aromatic heterocycles. The van der Waals surface area contributed by atoms with Crippen molar-refractivity contribution in [3.63, 3.8) is 0 Å². The van der Waals surface area contributed by atoms with Gasteiger partial charge in [0.05, 0.1) is 44.9 Å². The van der Waals surface area contributed by atoms with E-state index in [1.165, 1.54) is 0 Å². The van der Waals surface area contributed by atoms with E-state index in [1.54, 1.807) is 0 Å². The van der Waals surface area contributed by atoms with Crippen LogP contribution in [-0.2, 0) is 23.7 Å². The van der Waals surface area contributed by atoms with E-state index in [-0.39, 0.29) is 19.6 Å². The summed E-state index contributed by atoms with van der Waals surface area (Å²) in [6, 6.07) is 0. The molecule has 0 aromatic carbocycles. The highest BCUT2D eigenvalue weighted by molar-refractivity contribution is 5.66. The zero-order valence-corrected chi connectivity index (χ0v) is 15.8. The van der Waals surface area contributed by atoms with Gasteiger partial charge in [-0.25, -0.2) is 0 Å². The first-order valence-corrected chi connectivity index (χ1v) is 9.23. The minimum atomic E-state index is -0.895. The van der Waals surface area contributed by atoms with Crippen LogP contribution in [0.2, 0.25) is 0 Å². The highest BCUT2D eigenvalue weighted by atomic mass is 16.5. The zero-order valence-electron chi connectivity index (χ0n) is 15.8. The van der Waals surface area contributed by atoms with Crippen LogP contribution < -0.4 is 17.2 Å². The fourth-order valence-electron chi connectivity index (χ4n) is 2.12. The van der Waals surface area contributed by atoms with E-state index in [0.717, 1.165) is 19.3 Å². The average Bonchev–Trinajstić information content (AvgIpc) is 2.63. The van der Waals surface area contributed by atoms with Gasteiger partial charge in [-0.15, -0.1) is 0 Å². The first-order valence-electron chi connectivity index (χ1n) is 9.23. The van der Waals surface area contributed by atoms with Crippen molar-refractivity contribution < 1.29 is 28.8 Å². The Morgan fingerprint density at radius 2 is 1.04 bits per heavy atom. The Morgan fingerprint density at radius 3 is 1.35 bits per heavy atom. The van der Waals surface area contributed by atoms with E-state index in [0.29, 0.717) is 59.3 Å². The van der Waals surface area contributed by atoms with Crippen molar-refractivity contribution >= 4 is 5.97 Å². The summed E-state index contributed by atoms with van der Waals surface area (Å²) in [6.07, 6.45) is 2.24. The molecule has 0 atom stereocenters. The molecule has 0 heterocycles. The zero-order chi connectivity index (χ0) is 19.5. The van der Waals surface area contributed by atoms with E-state index in [1.807, 2.05) is 0 Å². The molecule has 0 aliphatic heterocycles. The van der Waals surface area contributed by atoms with E-state index in [4.69, 9.17) is 41.3 Å². The lowest BCUT2D eigenvalue weighted by Gasteiger charge is -2.33. The summed E-state index contributed by atoms with van der Waals surface area (Å²) in [7, 11) is 0. The number of ether oxygens (including phenoxy) is 4. The molecule has 0 spiro atoms. The second-order valence-corrected chi connectivity index (χ2v) is 6.28. The number of hydrogen-bond donors (Lipinski definition) is 4. The van der Waals surface area contributed by atoms with Crippen LogP contribution in [0.1, 0.15) is 25.7 Å². The molecule has 0 saturated carbocycles. The monoisotopic (exact) mass is 379 g/mol. The number of hydrogen-bond acceptors (Lipinski definition) is 8. The molecular formula is C17H37N3O6. The summed E-state index contributed by atoms with van der Waals surface area (Å²) in [5, 5.41) is 8.75. The van der Waals surface area contributed by atoms with Gasteiger partial charge in [-0.1, -0.05) is 0 Å². The maximum absolute atomic E-state index is 10.7. The van der Waals surface area contributed by atoms with Crippen molar-refractivity contribution in [1.82, 2.24) is 0 Å². The van der Waals surface area contributed by atoms with Crippen molar-refractivity contribution in [3.8, 4) is 0 Å². The summed E-state index contributed by atoms with van der Waals surface area (Å²) >= 11 is 0. The van der Waals surface area contributed by atoms with E-state index in [2.05, 4.69) is 0 Å². The van der Waals surface area contributed by atoms with Crippen LogP contribution in [0.25, 0.3) is 0 Å². The molecule has 0 unspecified atom stereocenters. The van der Waals surface area contributed by atoms with Crippen molar-refractivity contribution in [2.24, 2.45) is 22.6 Å². The summed E-state index contributed by atoms with van der Waals surface area (Å²) in [4.78, 5) is 10.7. The van der Waals surface area contributed by atoms with E-state index < -0.39 is 11.4 Å². The molecule has 0 rings (SSSR count). The van der Waals surface area contributed by atoms with Crippen molar-refractivity contribution in [3.05, 3.63) is 0 Å². The molecule has 0 aliphatic carbocycles. The first-order chi connectivity index (χ1) is 12.6. The summed E-state index contributed by atoms with van der Waals surface area (Å²) in [5.41, 5.74) is 16.0. The Bertz CT molecular complexity index is 302. The smallest absolute Gasteiger partial charge is 0.305 e. The second kappa shape index (κ2) is 17.6.